The fourth-order valence-electron chi connectivity index (χ4n) is 2.42. The van der Waals surface area contributed by atoms with E-state index >= 15 is 0 Å². The van der Waals surface area contributed by atoms with Gasteiger partial charge in [-0.3, -0.25) is 4.79 Å². The number of nitrogens with one attached hydrogen (secondary N) is 2. The largest absolute Gasteiger partial charge is 0.323 e. The number of anilines is 1. The van der Waals surface area contributed by atoms with E-state index in [0.717, 1.165) is 31.4 Å². The van der Waals surface area contributed by atoms with Crippen LogP contribution in [0.2, 0.25) is 5.15 Å². The van der Waals surface area contributed by atoms with Gasteiger partial charge in [-0.25, -0.2) is 4.98 Å². The summed E-state index contributed by atoms with van der Waals surface area (Å²) in [5.74, 6) is 0.656. The number of aryl methyl sites for hydroxylation is 1. The van der Waals surface area contributed by atoms with Crippen molar-refractivity contribution >= 4 is 23.2 Å². The first-order valence-electron chi connectivity index (χ1n) is 6.76. The highest BCUT2D eigenvalue weighted by Crippen LogP contribution is 2.21. The Balaban J connectivity index is 1.98. The quantitative estimate of drug-likeness (QED) is 0.838. The molecule has 1 aromatic rings. The molecule has 5 heteroatoms. The van der Waals surface area contributed by atoms with E-state index < -0.39 is 0 Å². The molecule has 2 atom stereocenters. The van der Waals surface area contributed by atoms with Gasteiger partial charge in [-0.1, -0.05) is 24.9 Å². The minimum atomic E-state index is -0.102. The van der Waals surface area contributed by atoms with Gasteiger partial charge in [0.2, 0.25) is 5.91 Å². The Labute approximate surface area is 118 Å². The van der Waals surface area contributed by atoms with Crippen molar-refractivity contribution in [2.45, 2.75) is 39.2 Å². The van der Waals surface area contributed by atoms with Crippen molar-refractivity contribution in [1.82, 2.24) is 10.3 Å². The molecular formula is C14H20ClN3O. The van der Waals surface area contributed by atoms with E-state index in [2.05, 4.69) is 22.5 Å². The van der Waals surface area contributed by atoms with Crippen molar-refractivity contribution in [3.63, 3.8) is 0 Å². The second-order valence-corrected chi connectivity index (χ2v) is 5.48. The van der Waals surface area contributed by atoms with Gasteiger partial charge in [0.05, 0.1) is 17.9 Å². The van der Waals surface area contributed by atoms with Gasteiger partial charge in [-0.15, -0.1) is 0 Å². The molecule has 0 radical (unpaired) electrons. The van der Waals surface area contributed by atoms with Crippen LogP contribution in [0.15, 0.2) is 12.3 Å². The Morgan fingerprint density at radius 3 is 3.11 bits per heavy atom. The van der Waals surface area contributed by atoms with Gasteiger partial charge in [0.25, 0.3) is 0 Å². The lowest BCUT2D eigenvalue weighted by Crippen LogP contribution is -2.46. The molecular weight excluding hydrogens is 262 g/mol. The average molecular weight is 282 g/mol. The summed E-state index contributed by atoms with van der Waals surface area (Å²) in [4.78, 5) is 16.2. The lowest BCUT2D eigenvalue weighted by molar-refractivity contribution is -0.119. The second kappa shape index (κ2) is 6.35. The van der Waals surface area contributed by atoms with Crippen molar-refractivity contribution in [2.24, 2.45) is 5.92 Å². The highest BCUT2D eigenvalue weighted by molar-refractivity contribution is 6.30. The molecule has 104 valence electrons. The van der Waals surface area contributed by atoms with Crippen molar-refractivity contribution in [2.75, 3.05) is 11.9 Å². The van der Waals surface area contributed by atoms with Gasteiger partial charge in [0.15, 0.2) is 0 Å². The van der Waals surface area contributed by atoms with E-state index in [4.69, 9.17) is 11.6 Å². The molecule has 2 rings (SSSR count). The molecule has 1 amide bonds. The first kappa shape index (κ1) is 14.3. The van der Waals surface area contributed by atoms with E-state index in [-0.39, 0.29) is 11.9 Å². The van der Waals surface area contributed by atoms with Gasteiger partial charge in [0.1, 0.15) is 5.15 Å². The first-order valence-corrected chi connectivity index (χ1v) is 7.14. The Morgan fingerprint density at radius 1 is 1.63 bits per heavy atom. The predicted molar refractivity (Wildman–Crippen MR) is 77.4 cm³/mol. The van der Waals surface area contributed by atoms with E-state index in [1.165, 1.54) is 0 Å². The van der Waals surface area contributed by atoms with Crippen LogP contribution in [0.25, 0.3) is 0 Å². The Kier molecular flexibility index (Phi) is 4.77. The van der Waals surface area contributed by atoms with Crippen LogP contribution >= 0.6 is 11.6 Å². The molecule has 1 fully saturated rings. The maximum Gasteiger partial charge on any atom is 0.241 e. The summed E-state index contributed by atoms with van der Waals surface area (Å²) in [7, 11) is 0. The number of rotatable bonds is 3. The van der Waals surface area contributed by atoms with Crippen LogP contribution in [0.3, 0.4) is 0 Å². The summed E-state index contributed by atoms with van der Waals surface area (Å²) in [5, 5.41) is 6.64. The molecule has 1 aliphatic heterocycles. The summed E-state index contributed by atoms with van der Waals surface area (Å²) in [6.07, 6.45) is 4.78. The summed E-state index contributed by atoms with van der Waals surface area (Å²) in [5.41, 5.74) is 1.56. The van der Waals surface area contributed by atoms with Crippen LogP contribution in [-0.2, 0) is 4.79 Å². The summed E-state index contributed by atoms with van der Waals surface area (Å²) < 4.78 is 0. The van der Waals surface area contributed by atoms with Crippen molar-refractivity contribution < 1.29 is 4.79 Å². The average Bonchev–Trinajstić information content (AvgIpc) is 2.43. The standard InChI is InChI=1S/C14H20ClN3O/c1-3-10-4-5-16-12(7-10)14(19)18-11-6-9(2)13(15)17-8-11/h6,8,10,12,16H,3-5,7H2,1-2H3,(H,18,19). The second-order valence-electron chi connectivity index (χ2n) is 5.13. The fourth-order valence-corrected chi connectivity index (χ4v) is 2.53. The van der Waals surface area contributed by atoms with Crippen LogP contribution in [0.4, 0.5) is 5.69 Å². The van der Waals surface area contributed by atoms with Crippen LogP contribution in [0, 0.1) is 12.8 Å². The Morgan fingerprint density at radius 2 is 2.42 bits per heavy atom. The first-order chi connectivity index (χ1) is 9.10. The molecule has 1 saturated heterocycles. The minimum absolute atomic E-state index is 0.0154. The van der Waals surface area contributed by atoms with Crippen LogP contribution in [0.1, 0.15) is 31.7 Å². The molecule has 0 aromatic carbocycles. The molecule has 0 spiro atoms. The highest BCUT2D eigenvalue weighted by Gasteiger charge is 2.25. The van der Waals surface area contributed by atoms with Crippen LogP contribution in [0.5, 0.6) is 0 Å². The maximum absolute atomic E-state index is 12.2. The number of hydrogen-bond donors (Lipinski definition) is 2. The minimum Gasteiger partial charge on any atom is -0.323 e. The summed E-state index contributed by atoms with van der Waals surface area (Å²) in [6.45, 7) is 4.96. The maximum atomic E-state index is 12.2. The summed E-state index contributed by atoms with van der Waals surface area (Å²) in [6, 6.07) is 1.74. The zero-order valence-corrected chi connectivity index (χ0v) is 12.1. The number of aromatic nitrogens is 1. The lowest BCUT2D eigenvalue weighted by Gasteiger charge is -2.28. The highest BCUT2D eigenvalue weighted by atomic mass is 35.5. The SMILES string of the molecule is CCC1CCNC(C(=O)Nc2cnc(Cl)c(C)c2)C1. The topological polar surface area (TPSA) is 54.0 Å². The zero-order valence-electron chi connectivity index (χ0n) is 11.4. The van der Waals surface area contributed by atoms with Gasteiger partial charge >= 0.3 is 0 Å². The van der Waals surface area contributed by atoms with Gasteiger partial charge in [-0.2, -0.15) is 0 Å². The van der Waals surface area contributed by atoms with E-state index in [1.807, 2.05) is 13.0 Å². The Hall–Kier alpha value is -1.13. The monoisotopic (exact) mass is 281 g/mol. The Bertz CT molecular complexity index is 464. The third-order valence-corrected chi connectivity index (χ3v) is 4.08. The number of hydrogen-bond acceptors (Lipinski definition) is 3. The van der Waals surface area contributed by atoms with E-state index in [9.17, 15) is 4.79 Å². The van der Waals surface area contributed by atoms with Crippen LogP contribution in [-0.4, -0.2) is 23.5 Å². The number of halogens is 1. The van der Waals surface area contributed by atoms with E-state index in [0.29, 0.717) is 16.8 Å². The third kappa shape index (κ3) is 3.67. The molecule has 0 aliphatic carbocycles. The molecule has 2 heterocycles. The molecule has 2 unspecified atom stereocenters. The van der Waals surface area contributed by atoms with Gasteiger partial charge in [0, 0.05) is 0 Å². The number of nitrogens with zero attached hydrogens (tertiary/aromatic N) is 1. The molecule has 1 aliphatic rings. The number of pyridine rings is 1. The smallest absolute Gasteiger partial charge is 0.241 e. The zero-order chi connectivity index (χ0) is 13.8. The third-order valence-electron chi connectivity index (χ3n) is 3.69. The van der Waals surface area contributed by atoms with Crippen molar-refractivity contribution in [3.05, 3.63) is 23.0 Å². The van der Waals surface area contributed by atoms with Gasteiger partial charge < -0.3 is 10.6 Å². The number of carbonyl (C=O) groups excluding carboxylic acids is 1. The van der Waals surface area contributed by atoms with Crippen molar-refractivity contribution in [1.29, 1.82) is 0 Å². The lowest BCUT2D eigenvalue weighted by atomic mass is 9.90. The van der Waals surface area contributed by atoms with Crippen LogP contribution < -0.4 is 10.6 Å². The number of amides is 1. The molecule has 1 aromatic heterocycles. The summed E-state index contributed by atoms with van der Waals surface area (Å²) >= 11 is 5.87. The number of carbonyl (C=O) groups is 1. The predicted octanol–water partition coefficient (Wildman–Crippen LogP) is 2.76. The molecule has 2 N–H and O–H groups in total. The number of piperidine rings is 1. The van der Waals surface area contributed by atoms with Gasteiger partial charge in [-0.05, 0) is 43.9 Å². The molecule has 4 nitrogen and oxygen atoms in total. The van der Waals surface area contributed by atoms with E-state index in [1.54, 1.807) is 6.20 Å². The molecule has 0 bridgehead atoms. The van der Waals surface area contributed by atoms with Crippen molar-refractivity contribution in [3.8, 4) is 0 Å². The normalized spacial score (nSPS) is 23.1. The fraction of sp³-hybridized carbons (Fsp3) is 0.571. The molecule has 0 saturated carbocycles. The molecule has 19 heavy (non-hydrogen) atoms.